The number of fused-ring (bicyclic) bond motifs is 1. The molecule has 4 rings (SSSR count). The first-order valence-electron chi connectivity index (χ1n) is 10.5. The van der Waals surface area contributed by atoms with E-state index < -0.39 is 12.6 Å². The Morgan fingerprint density at radius 2 is 1.82 bits per heavy atom. The molecule has 0 saturated heterocycles. The Kier molecular flexibility index (Phi) is 6.53. The van der Waals surface area contributed by atoms with Crippen LogP contribution in [-0.2, 0) is 9.53 Å². The van der Waals surface area contributed by atoms with Crippen molar-refractivity contribution in [1.29, 1.82) is 0 Å². The first-order chi connectivity index (χ1) is 15.9. The lowest BCUT2D eigenvalue weighted by atomic mass is 10.1. The summed E-state index contributed by atoms with van der Waals surface area (Å²) < 4.78 is 31.1. The van der Waals surface area contributed by atoms with E-state index in [1.807, 2.05) is 13.8 Å². The molecule has 0 bridgehead atoms. The highest BCUT2D eigenvalue weighted by atomic mass is 19.1. The minimum absolute atomic E-state index is 0.329. The standard InChI is InChI=1S/C25H23FN2O5/c1-16-21(17(2)28(27-16)20-7-5-19(26)6-8-20)9-11-25(30)33-15-22(29)18-4-10-23-24(14-18)32-13-3-12-31-23/h4-11,14H,3,12-13,15H2,1-2H3/b11-9+. The molecule has 2 heterocycles. The molecule has 2 aromatic carbocycles. The highest BCUT2D eigenvalue weighted by molar-refractivity contribution is 5.99. The number of ether oxygens (including phenoxy) is 3. The lowest BCUT2D eigenvalue weighted by molar-refractivity contribution is -0.136. The van der Waals surface area contributed by atoms with Crippen LogP contribution < -0.4 is 9.47 Å². The van der Waals surface area contributed by atoms with Gasteiger partial charge in [-0.25, -0.2) is 13.9 Å². The van der Waals surface area contributed by atoms with E-state index in [1.165, 1.54) is 18.2 Å². The van der Waals surface area contributed by atoms with E-state index >= 15 is 0 Å². The maximum absolute atomic E-state index is 13.2. The quantitative estimate of drug-likeness (QED) is 0.318. The summed E-state index contributed by atoms with van der Waals surface area (Å²) in [5.41, 5.74) is 3.31. The van der Waals surface area contributed by atoms with Crippen LogP contribution in [0.15, 0.2) is 48.5 Å². The van der Waals surface area contributed by atoms with Crippen LogP contribution >= 0.6 is 0 Å². The van der Waals surface area contributed by atoms with Gasteiger partial charge >= 0.3 is 5.97 Å². The van der Waals surface area contributed by atoms with Gasteiger partial charge in [-0.15, -0.1) is 0 Å². The molecule has 1 aliphatic heterocycles. The zero-order valence-electron chi connectivity index (χ0n) is 18.3. The van der Waals surface area contributed by atoms with E-state index in [0.29, 0.717) is 41.7 Å². The number of halogens is 1. The van der Waals surface area contributed by atoms with Crippen molar-refractivity contribution < 1.29 is 28.2 Å². The Bertz CT molecular complexity index is 1210. The number of carbonyl (C=O) groups is 2. The predicted molar refractivity (Wildman–Crippen MR) is 119 cm³/mol. The maximum Gasteiger partial charge on any atom is 0.331 e. The number of hydrogen-bond donors (Lipinski definition) is 0. The van der Waals surface area contributed by atoms with Gasteiger partial charge in [-0.05, 0) is 62.4 Å². The minimum Gasteiger partial charge on any atom is -0.490 e. The van der Waals surface area contributed by atoms with Crippen LogP contribution in [0.1, 0.15) is 33.7 Å². The third-order valence-electron chi connectivity index (χ3n) is 5.22. The molecule has 0 atom stereocenters. The zero-order chi connectivity index (χ0) is 23.4. The third kappa shape index (κ3) is 5.11. The molecule has 0 fully saturated rings. The fourth-order valence-electron chi connectivity index (χ4n) is 3.49. The van der Waals surface area contributed by atoms with Crippen molar-refractivity contribution in [2.45, 2.75) is 20.3 Å². The highest BCUT2D eigenvalue weighted by Gasteiger charge is 2.16. The van der Waals surface area contributed by atoms with Crippen molar-refractivity contribution >= 4 is 17.8 Å². The molecule has 1 aliphatic rings. The second kappa shape index (κ2) is 9.68. The molecular weight excluding hydrogens is 427 g/mol. The number of ketones is 1. The molecule has 0 spiro atoms. The first-order valence-corrected chi connectivity index (χ1v) is 10.5. The van der Waals surface area contributed by atoms with Crippen LogP contribution in [0.5, 0.6) is 11.5 Å². The number of aromatic nitrogens is 2. The molecule has 0 N–H and O–H groups in total. The summed E-state index contributed by atoms with van der Waals surface area (Å²) in [4.78, 5) is 24.6. The molecule has 1 aromatic heterocycles. The van der Waals surface area contributed by atoms with Gasteiger partial charge in [-0.2, -0.15) is 5.10 Å². The lowest BCUT2D eigenvalue weighted by Crippen LogP contribution is -2.12. The number of benzene rings is 2. The van der Waals surface area contributed by atoms with Gasteiger partial charge in [0.05, 0.1) is 24.6 Å². The van der Waals surface area contributed by atoms with Gasteiger partial charge in [-0.3, -0.25) is 4.79 Å². The fourth-order valence-corrected chi connectivity index (χ4v) is 3.49. The molecule has 3 aromatic rings. The number of aryl methyl sites for hydroxylation is 1. The van der Waals surface area contributed by atoms with Gasteiger partial charge in [0.15, 0.2) is 23.9 Å². The maximum atomic E-state index is 13.2. The first kappa shape index (κ1) is 22.3. The average Bonchev–Trinajstić information content (AvgIpc) is 2.96. The van der Waals surface area contributed by atoms with Crippen LogP contribution in [0.4, 0.5) is 4.39 Å². The van der Waals surface area contributed by atoms with Crippen molar-refractivity contribution in [2.24, 2.45) is 0 Å². The monoisotopic (exact) mass is 450 g/mol. The molecule has 0 unspecified atom stereocenters. The predicted octanol–water partition coefficient (Wildman–Crippen LogP) is 4.23. The number of Topliss-reactive ketones (excluding diaryl/α,β-unsaturated/α-hetero) is 1. The van der Waals surface area contributed by atoms with E-state index in [9.17, 15) is 14.0 Å². The summed E-state index contributed by atoms with van der Waals surface area (Å²) in [5, 5.41) is 4.46. The van der Waals surface area contributed by atoms with Gasteiger partial charge in [-0.1, -0.05) is 0 Å². The third-order valence-corrected chi connectivity index (χ3v) is 5.22. The zero-order valence-corrected chi connectivity index (χ0v) is 18.3. The van der Waals surface area contributed by atoms with Crippen molar-refractivity contribution in [3.63, 3.8) is 0 Å². The summed E-state index contributed by atoms with van der Waals surface area (Å²) in [7, 11) is 0. The van der Waals surface area contributed by atoms with Gasteiger partial charge in [0.25, 0.3) is 0 Å². The summed E-state index contributed by atoms with van der Waals surface area (Å²) in [6.45, 7) is 4.34. The summed E-state index contributed by atoms with van der Waals surface area (Å²) >= 11 is 0. The van der Waals surface area contributed by atoms with E-state index in [0.717, 1.165) is 17.7 Å². The van der Waals surface area contributed by atoms with Gasteiger partial charge < -0.3 is 14.2 Å². The molecule has 7 nitrogen and oxygen atoms in total. The lowest BCUT2D eigenvalue weighted by Gasteiger charge is -2.09. The van der Waals surface area contributed by atoms with Gasteiger partial charge in [0, 0.05) is 29.3 Å². The molecule has 33 heavy (non-hydrogen) atoms. The van der Waals surface area contributed by atoms with Crippen LogP contribution in [0.2, 0.25) is 0 Å². The normalized spacial score (nSPS) is 13.1. The van der Waals surface area contributed by atoms with Gasteiger partial charge in [0.1, 0.15) is 5.82 Å². The Morgan fingerprint density at radius 3 is 2.58 bits per heavy atom. The smallest absolute Gasteiger partial charge is 0.331 e. The summed E-state index contributed by atoms with van der Waals surface area (Å²) in [6.07, 6.45) is 3.62. The molecule has 0 saturated carbocycles. The van der Waals surface area contributed by atoms with E-state index in [4.69, 9.17) is 14.2 Å². The number of hydrogen-bond acceptors (Lipinski definition) is 6. The summed E-state index contributed by atoms with van der Waals surface area (Å²) in [5.74, 6) is -0.219. The Hall–Kier alpha value is -3.94. The van der Waals surface area contributed by atoms with Crippen molar-refractivity contribution in [3.8, 4) is 17.2 Å². The minimum atomic E-state index is -0.647. The molecule has 0 aliphatic carbocycles. The number of esters is 1. The van der Waals surface area contributed by atoms with Crippen molar-refractivity contribution in [3.05, 3.63) is 76.9 Å². The van der Waals surface area contributed by atoms with Crippen LogP contribution in [0.3, 0.4) is 0 Å². The second-order valence-corrected chi connectivity index (χ2v) is 7.55. The molecule has 0 amide bonds. The van der Waals surface area contributed by atoms with Crippen LogP contribution in [-0.4, -0.2) is 41.4 Å². The van der Waals surface area contributed by atoms with E-state index in [2.05, 4.69) is 5.10 Å². The average molecular weight is 450 g/mol. The number of nitrogens with zero attached hydrogens (tertiary/aromatic N) is 2. The fraction of sp³-hybridized carbons (Fsp3) is 0.240. The summed E-state index contributed by atoms with van der Waals surface area (Å²) in [6, 6.07) is 10.9. The Labute approximate surface area is 190 Å². The van der Waals surface area contributed by atoms with E-state index in [1.54, 1.807) is 41.1 Å². The SMILES string of the molecule is Cc1nn(-c2ccc(F)cc2)c(C)c1/C=C/C(=O)OCC(=O)c1ccc2c(c1)OCCCO2. The van der Waals surface area contributed by atoms with E-state index in [-0.39, 0.29) is 11.6 Å². The highest BCUT2D eigenvalue weighted by Crippen LogP contribution is 2.30. The van der Waals surface area contributed by atoms with Crippen LogP contribution in [0, 0.1) is 19.7 Å². The topological polar surface area (TPSA) is 79.7 Å². The second-order valence-electron chi connectivity index (χ2n) is 7.55. The Balaban J connectivity index is 1.39. The van der Waals surface area contributed by atoms with Crippen molar-refractivity contribution in [1.82, 2.24) is 9.78 Å². The van der Waals surface area contributed by atoms with Crippen LogP contribution in [0.25, 0.3) is 11.8 Å². The van der Waals surface area contributed by atoms with Crippen molar-refractivity contribution in [2.75, 3.05) is 19.8 Å². The number of carbonyl (C=O) groups excluding carboxylic acids is 2. The molecule has 170 valence electrons. The van der Waals surface area contributed by atoms with Gasteiger partial charge in [0.2, 0.25) is 0 Å². The molecule has 0 radical (unpaired) electrons. The Morgan fingerprint density at radius 1 is 1.09 bits per heavy atom. The number of rotatable bonds is 6. The molecule has 8 heteroatoms. The largest absolute Gasteiger partial charge is 0.490 e. The molecular formula is C25H23FN2O5.